The third-order valence-electron chi connectivity index (χ3n) is 5.09. The molecule has 0 saturated carbocycles. The van der Waals surface area contributed by atoms with Gasteiger partial charge in [-0.15, -0.1) is 13.2 Å². The number of anilines is 1. The number of benzene rings is 3. The molecule has 0 aliphatic carbocycles. The SMILES string of the molecule is O=C(Nc1ccc(OCC(O)CO)cc1)c1cccc2ccc(-c3cccc(OC(F)(F)F)c3)nc12. The molecule has 3 N–H and O–H groups in total. The summed E-state index contributed by atoms with van der Waals surface area (Å²) in [5.74, 6) is -0.344. The second-order valence-corrected chi connectivity index (χ2v) is 7.78. The number of carbonyl (C=O) groups excluding carboxylic acids is 1. The zero-order valence-corrected chi connectivity index (χ0v) is 18.7. The number of para-hydroxylation sites is 1. The highest BCUT2D eigenvalue weighted by Gasteiger charge is 2.31. The summed E-state index contributed by atoms with van der Waals surface area (Å²) < 4.78 is 47.2. The minimum absolute atomic E-state index is 0.0720. The molecule has 0 saturated heterocycles. The Bertz CT molecular complexity index is 1360. The molecule has 0 spiro atoms. The molecule has 0 bridgehead atoms. The number of aliphatic hydroxyl groups is 2. The van der Waals surface area contributed by atoms with Gasteiger partial charge in [0.25, 0.3) is 5.91 Å². The number of pyridine rings is 1. The molecule has 36 heavy (non-hydrogen) atoms. The molecule has 0 aliphatic rings. The van der Waals surface area contributed by atoms with Crippen LogP contribution in [0.2, 0.25) is 0 Å². The van der Waals surface area contributed by atoms with Crippen LogP contribution in [0.1, 0.15) is 10.4 Å². The van der Waals surface area contributed by atoms with E-state index in [2.05, 4.69) is 15.0 Å². The lowest BCUT2D eigenvalue weighted by molar-refractivity contribution is -0.274. The van der Waals surface area contributed by atoms with E-state index < -0.39 is 25.0 Å². The molecule has 3 aromatic carbocycles. The van der Waals surface area contributed by atoms with Gasteiger partial charge in [0.05, 0.1) is 23.4 Å². The molecular weight excluding hydrogens is 477 g/mol. The number of alkyl halides is 3. The van der Waals surface area contributed by atoms with Gasteiger partial charge in [0, 0.05) is 16.6 Å². The van der Waals surface area contributed by atoms with E-state index in [4.69, 9.17) is 9.84 Å². The van der Waals surface area contributed by atoms with Crippen LogP contribution in [0.15, 0.2) is 78.9 Å². The van der Waals surface area contributed by atoms with Gasteiger partial charge in [0.1, 0.15) is 24.2 Å². The summed E-state index contributed by atoms with van der Waals surface area (Å²) in [7, 11) is 0. The first-order valence-corrected chi connectivity index (χ1v) is 10.8. The lowest BCUT2D eigenvalue weighted by atomic mass is 10.1. The summed E-state index contributed by atoms with van der Waals surface area (Å²) in [4.78, 5) is 17.6. The summed E-state index contributed by atoms with van der Waals surface area (Å²) in [5.41, 5.74) is 1.92. The number of nitrogens with zero attached hydrogens (tertiary/aromatic N) is 1. The van der Waals surface area contributed by atoms with Crippen LogP contribution in [-0.2, 0) is 0 Å². The first-order valence-electron chi connectivity index (χ1n) is 10.8. The minimum atomic E-state index is -4.81. The van der Waals surface area contributed by atoms with Crippen LogP contribution in [0, 0.1) is 0 Å². The van der Waals surface area contributed by atoms with Crippen molar-refractivity contribution >= 4 is 22.5 Å². The fourth-order valence-electron chi connectivity index (χ4n) is 3.42. The fourth-order valence-corrected chi connectivity index (χ4v) is 3.42. The zero-order chi connectivity index (χ0) is 25.7. The van der Waals surface area contributed by atoms with Gasteiger partial charge in [-0.2, -0.15) is 0 Å². The maximum absolute atomic E-state index is 13.0. The summed E-state index contributed by atoms with van der Waals surface area (Å²) >= 11 is 0. The molecule has 7 nitrogen and oxygen atoms in total. The average Bonchev–Trinajstić information content (AvgIpc) is 2.86. The minimum Gasteiger partial charge on any atom is -0.491 e. The molecule has 0 radical (unpaired) electrons. The van der Waals surface area contributed by atoms with Crippen molar-refractivity contribution in [2.45, 2.75) is 12.5 Å². The topological polar surface area (TPSA) is 101 Å². The van der Waals surface area contributed by atoms with E-state index in [1.807, 2.05) is 0 Å². The number of aromatic nitrogens is 1. The fraction of sp³-hybridized carbons (Fsp3) is 0.154. The summed E-state index contributed by atoms with van der Waals surface area (Å²) in [6, 6.07) is 20.4. The molecule has 0 fully saturated rings. The van der Waals surface area contributed by atoms with E-state index in [-0.39, 0.29) is 17.9 Å². The van der Waals surface area contributed by atoms with Gasteiger partial charge in [-0.25, -0.2) is 4.98 Å². The number of aliphatic hydroxyl groups excluding tert-OH is 2. The predicted octanol–water partition coefficient (Wildman–Crippen LogP) is 4.78. The molecular formula is C26H21F3N2O5. The van der Waals surface area contributed by atoms with Crippen LogP contribution in [-0.4, -0.2) is 46.8 Å². The van der Waals surface area contributed by atoms with Crippen molar-refractivity contribution in [3.05, 3.63) is 84.4 Å². The smallest absolute Gasteiger partial charge is 0.491 e. The molecule has 10 heteroatoms. The van der Waals surface area contributed by atoms with Crippen molar-refractivity contribution in [3.8, 4) is 22.8 Å². The normalized spacial score (nSPS) is 12.2. The van der Waals surface area contributed by atoms with Gasteiger partial charge in [-0.05, 0) is 48.5 Å². The Labute approximate surface area is 203 Å². The second-order valence-electron chi connectivity index (χ2n) is 7.78. The first-order chi connectivity index (χ1) is 17.2. The number of rotatable bonds is 8. The summed E-state index contributed by atoms with van der Waals surface area (Å²) in [6.07, 6.45) is -5.81. The number of hydrogen-bond acceptors (Lipinski definition) is 6. The lowest BCUT2D eigenvalue weighted by Crippen LogP contribution is -2.21. The quantitative estimate of drug-likeness (QED) is 0.323. The van der Waals surface area contributed by atoms with Crippen LogP contribution in [0.5, 0.6) is 11.5 Å². The van der Waals surface area contributed by atoms with E-state index in [1.54, 1.807) is 60.7 Å². The van der Waals surface area contributed by atoms with Crippen molar-refractivity contribution in [3.63, 3.8) is 0 Å². The highest BCUT2D eigenvalue weighted by molar-refractivity contribution is 6.12. The predicted molar refractivity (Wildman–Crippen MR) is 127 cm³/mol. The van der Waals surface area contributed by atoms with E-state index >= 15 is 0 Å². The molecule has 4 rings (SSSR count). The third kappa shape index (κ3) is 6.29. The Morgan fingerprint density at radius 1 is 0.972 bits per heavy atom. The standard InChI is InChI=1S/C26H21F3N2O5/c27-26(28,29)36-21-5-1-4-17(13-21)23-12-7-16-3-2-6-22(24(16)31-23)25(34)30-18-8-10-20(11-9-18)35-15-19(33)14-32/h1-13,19,32-33H,14-15H2,(H,30,34). The highest BCUT2D eigenvalue weighted by atomic mass is 19.4. The number of ether oxygens (including phenoxy) is 2. The van der Waals surface area contributed by atoms with Gasteiger partial charge < -0.3 is 25.0 Å². The number of halogens is 3. The molecule has 1 unspecified atom stereocenters. The number of fused-ring (bicyclic) bond motifs is 1. The number of carbonyl (C=O) groups is 1. The Balaban J connectivity index is 1.56. The van der Waals surface area contributed by atoms with Gasteiger partial charge >= 0.3 is 6.36 Å². The molecule has 0 aliphatic heterocycles. The number of hydrogen-bond donors (Lipinski definition) is 3. The van der Waals surface area contributed by atoms with Gasteiger partial charge in [-0.1, -0.05) is 30.3 Å². The molecule has 1 aromatic heterocycles. The van der Waals surface area contributed by atoms with Crippen molar-refractivity contribution in [2.24, 2.45) is 0 Å². The lowest BCUT2D eigenvalue weighted by Gasteiger charge is -2.12. The maximum Gasteiger partial charge on any atom is 0.573 e. The van der Waals surface area contributed by atoms with Crippen molar-refractivity contribution in [2.75, 3.05) is 18.5 Å². The molecule has 186 valence electrons. The summed E-state index contributed by atoms with van der Waals surface area (Å²) in [5, 5.41) is 21.7. The zero-order valence-electron chi connectivity index (χ0n) is 18.7. The Hall–Kier alpha value is -4.15. The van der Waals surface area contributed by atoms with Crippen molar-refractivity contribution < 1.29 is 37.7 Å². The first kappa shape index (κ1) is 25.0. The van der Waals surface area contributed by atoms with Crippen LogP contribution in [0.25, 0.3) is 22.2 Å². The third-order valence-corrected chi connectivity index (χ3v) is 5.09. The van der Waals surface area contributed by atoms with E-state index in [0.717, 1.165) is 0 Å². The largest absolute Gasteiger partial charge is 0.573 e. The van der Waals surface area contributed by atoms with Crippen LogP contribution >= 0.6 is 0 Å². The van der Waals surface area contributed by atoms with Gasteiger partial charge in [0.2, 0.25) is 0 Å². The van der Waals surface area contributed by atoms with E-state index in [1.165, 1.54) is 18.2 Å². The van der Waals surface area contributed by atoms with Gasteiger partial charge in [0.15, 0.2) is 0 Å². The molecule has 1 amide bonds. The molecule has 4 aromatic rings. The van der Waals surface area contributed by atoms with E-state index in [9.17, 15) is 23.1 Å². The Morgan fingerprint density at radius 2 is 1.72 bits per heavy atom. The second kappa shape index (κ2) is 10.6. The number of nitrogens with one attached hydrogen (secondary N) is 1. The summed E-state index contributed by atoms with van der Waals surface area (Å²) in [6.45, 7) is -0.487. The van der Waals surface area contributed by atoms with Gasteiger partial charge in [-0.3, -0.25) is 4.79 Å². The average molecular weight is 498 g/mol. The monoisotopic (exact) mass is 498 g/mol. The number of amides is 1. The van der Waals surface area contributed by atoms with Crippen LogP contribution < -0.4 is 14.8 Å². The molecule has 1 heterocycles. The van der Waals surface area contributed by atoms with E-state index in [0.29, 0.717) is 33.6 Å². The Morgan fingerprint density at radius 3 is 2.44 bits per heavy atom. The maximum atomic E-state index is 13.0. The molecule has 1 atom stereocenters. The highest BCUT2D eigenvalue weighted by Crippen LogP contribution is 2.29. The Kier molecular flexibility index (Phi) is 7.37. The van der Waals surface area contributed by atoms with Crippen LogP contribution in [0.4, 0.5) is 18.9 Å². The van der Waals surface area contributed by atoms with Crippen molar-refractivity contribution in [1.82, 2.24) is 4.98 Å². The van der Waals surface area contributed by atoms with Crippen molar-refractivity contribution in [1.29, 1.82) is 0 Å². The van der Waals surface area contributed by atoms with Crippen LogP contribution in [0.3, 0.4) is 0 Å².